The molecule has 0 spiro atoms. The topological polar surface area (TPSA) is 99.9 Å². The van der Waals surface area contributed by atoms with Gasteiger partial charge in [-0.2, -0.15) is 0 Å². The lowest BCUT2D eigenvalue weighted by molar-refractivity contribution is -0.384. The Labute approximate surface area is 157 Å². The summed E-state index contributed by atoms with van der Waals surface area (Å²) in [7, 11) is 0.558. The predicted molar refractivity (Wildman–Crippen MR) is 102 cm³/mol. The molecule has 0 bridgehead atoms. The van der Waals surface area contributed by atoms with E-state index in [4.69, 9.17) is 16.3 Å². The molecule has 0 unspecified atom stereocenters. The van der Waals surface area contributed by atoms with Crippen molar-refractivity contribution in [3.8, 4) is 11.5 Å². The first-order chi connectivity index (χ1) is 12.4. The quantitative estimate of drug-likeness (QED) is 0.388. The first kappa shape index (κ1) is 21.9. The molecule has 0 atom stereocenters. The summed E-state index contributed by atoms with van der Waals surface area (Å²) < 4.78 is 24.0. The third kappa shape index (κ3) is 7.41. The van der Waals surface area contributed by atoms with Gasteiger partial charge in [-0.25, -0.2) is 0 Å². The molecule has 0 radical (unpaired) electrons. The van der Waals surface area contributed by atoms with E-state index in [-0.39, 0.29) is 5.69 Å². The van der Waals surface area contributed by atoms with Gasteiger partial charge < -0.3 is 19.1 Å². The van der Waals surface area contributed by atoms with Crippen molar-refractivity contribution in [1.82, 2.24) is 0 Å². The number of halogens is 1. The highest BCUT2D eigenvalue weighted by molar-refractivity contribution is 7.33. The Morgan fingerprint density at radius 3 is 2.15 bits per heavy atom. The molecule has 0 aliphatic rings. The Morgan fingerprint density at radius 2 is 1.69 bits per heavy atom. The molecule has 0 heterocycles. The number of hydrogen-bond acceptors (Lipinski definition) is 7. The summed E-state index contributed by atoms with van der Waals surface area (Å²) in [5.74, 6) is 1.14. The molecule has 2 aromatic rings. The van der Waals surface area contributed by atoms with Crippen LogP contribution in [0.15, 0.2) is 42.5 Å². The van der Waals surface area contributed by atoms with Crippen LogP contribution in [0.3, 0.4) is 0 Å². The highest BCUT2D eigenvalue weighted by Crippen LogP contribution is 2.31. The lowest BCUT2D eigenvalue weighted by Gasteiger charge is -2.09. The molecule has 1 N–H and O–H groups in total. The van der Waals surface area contributed by atoms with Crippen molar-refractivity contribution in [2.45, 2.75) is 6.92 Å². The van der Waals surface area contributed by atoms with E-state index in [0.717, 1.165) is 0 Å². The third-order valence-electron chi connectivity index (χ3n) is 2.91. The molecule has 0 fully saturated rings. The van der Waals surface area contributed by atoms with Crippen molar-refractivity contribution in [2.24, 2.45) is 0 Å². The monoisotopic (exact) mass is 402 g/mol. The Kier molecular flexibility index (Phi) is 9.69. The molecular weight excluding hydrogens is 383 g/mol. The predicted octanol–water partition coefficient (Wildman–Crippen LogP) is 5.14. The molecule has 0 aliphatic heterocycles. The van der Waals surface area contributed by atoms with Crippen molar-refractivity contribution in [3.63, 3.8) is 0 Å². The van der Waals surface area contributed by atoms with E-state index in [1.807, 2.05) is 6.92 Å². The second-order valence-electron chi connectivity index (χ2n) is 4.68. The van der Waals surface area contributed by atoms with E-state index in [0.29, 0.717) is 28.8 Å². The van der Waals surface area contributed by atoms with Gasteiger partial charge in [0.15, 0.2) is 0 Å². The van der Waals surface area contributed by atoms with Crippen molar-refractivity contribution < 1.29 is 23.3 Å². The molecule has 0 saturated heterocycles. The maximum atomic E-state index is 10.9. The summed E-state index contributed by atoms with van der Waals surface area (Å²) in [4.78, 5) is 10.5. The van der Waals surface area contributed by atoms with Gasteiger partial charge in [0, 0.05) is 37.9 Å². The van der Waals surface area contributed by atoms with Gasteiger partial charge >= 0.3 is 8.25 Å². The average molecular weight is 403 g/mol. The molecule has 2 aromatic carbocycles. The van der Waals surface area contributed by atoms with E-state index in [9.17, 15) is 14.7 Å². The Balaban J connectivity index is 0.000000487. The van der Waals surface area contributed by atoms with Crippen LogP contribution < -0.4 is 10.1 Å². The average Bonchev–Trinajstić information content (AvgIpc) is 2.63. The normalized spacial score (nSPS) is 10.0. The Bertz CT molecular complexity index is 736. The van der Waals surface area contributed by atoms with Crippen molar-refractivity contribution in [3.05, 3.63) is 57.6 Å². The molecule has 0 saturated carbocycles. The van der Waals surface area contributed by atoms with Gasteiger partial charge in [-0.3, -0.25) is 14.7 Å². The number of nitrogens with zero attached hydrogens (tertiary/aromatic N) is 1. The number of ether oxygens (including phenoxy) is 1. The largest absolute Gasteiger partial charge is 0.457 e. The summed E-state index contributed by atoms with van der Waals surface area (Å²) in [5, 5.41) is 14.5. The minimum absolute atomic E-state index is 0.0234. The fraction of sp³-hybridized carbons (Fsp3) is 0.250. The third-order valence-corrected chi connectivity index (χ3v) is 3.83. The second kappa shape index (κ2) is 11.5. The standard InChI is InChI=1S/C14H13ClN2O3.C2H7O3P/c1-2-16-13-9-12(7-8-14(13)17(18)19)20-11-5-3-10(15)4-6-11;1-4-6(3)5-2/h3-9,16H,2H2,1H3;6H,1-2H3. The maximum Gasteiger partial charge on any atom is 0.318 e. The minimum atomic E-state index is -2.12. The van der Waals surface area contributed by atoms with Crippen LogP contribution in [0, 0.1) is 10.1 Å². The zero-order chi connectivity index (χ0) is 19.5. The highest BCUT2D eigenvalue weighted by atomic mass is 35.5. The first-order valence-corrected chi connectivity index (χ1v) is 9.09. The molecule has 0 aliphatic carbocycles. The smallest absolute Gasteiger partial charge is 0.318 e. The zero-order valence-corrected chi connectivity index (χ0v) is 16.3. The summed E-state index contributed by atoms with van der Waals surface area (Å²) >= 11 is 5.80. The van der Waals surface area contributed by atoms with Gasteiger partial charge in [0.25, 0.3) is 5.69 Å². The van der Waals surface area contributed by atoms with Crippen LogP contribution in [0.1, 0.15) is 6.92 Å². The first-order valence-electron chi connectivity index (χ1n) is 7.48. The molecule has 8 nitrogen and oxygen atoms in total. The number of rotatable bonds is 7. The number of nitrogens with one attached hydrogen (secondary N) is 1. The lowest BCUT2D eigenvalue weighted by atomic mass is 10.2. The molecule has 0 aromatic heterocycles. The maximum absolute atomic E-state index is 10.9. The van der Waals surface area contributed by atoms with Gasteiger partial charge in [0.2, 0.25) is 0 Å². The van der Waals surface area contributed by atoms with Gasteiger partial charge in [-0.15, -0.1) is 0 Å². The van der Waals surface area contributed by atoms with Crippen molar-refractivity contribution >= 4 is 31.2 Å². The summed E-state index contributed by atoms with van der Waals surface area (Å²) in [6, 6.07) is 11.5. The van der Waals surface area contributed by atoms with E-state index in [1.165, 1.54) is 20.3 Å². The van der Waals surface area contributed by atoms with Crippen molar-refractivity contribution in [2.75, 3.05) is 26.1 Å². The molecule has 10 heteroatoms. The van der Waals surface area contributed by atoms with Crippen LogP contribution in [0.4, 0.5) is 11.4 Å². The Morgan fingerprint density at radius 1 is 1.12 bits per heavy atom. The summed E-state index contributed by atoms with van der Waals surface area (Å²) in [6.45, 7) is 2.46. The van der Waals surface area contributed by atoms with E-state index >= 15 is 0 Å². The fourth-order valence-electron chi connectivity index (χ4n) is 1.79. The molecule has 0 amide bonds. The SMILES string of the molecule is CCNc1cc(Oc2ccc(Cl)cc2)ccc1[N+](=O)[O-].CO[PH](=O)OC. The Hall–Kier alpha value is -2.12. The number of anilines is 1. The van der Waals surface area contributed by atoms with Gasteiger partial charge in [-0.05, 0) is 37.3 Å². The highest BCUT2D eigenvalue weighted by Gasteiger charge is 2.14. The van der Waals surface area contributed by atoms with Crippen LogP contribution >= 0.6 is 19.9 Å². The summed E-state index contributed by atoms with van der Waals surface area (Å²) in [6.07, 6.45) is 0. The van der Waals surface area contributed by atoms with Crippen LogP contribution in [-0.4, -0.2) is 25.7 Å². The van der Waals surface area contributed by atoms with Crippen LogP contribution in [-0.2, 0) is 13.6 Å². The molecular formula is C16H20ClN2O6P. The lowest BCUT2D eigenvalue weighted by Crippen LogP contribution is -2.01. The number of nitro benzene ring substituents is 1. The van der Waals surface area contributed by atoms with Crippen LogP contribution in [0.25, 0.3) is 0 Å². The van der Waals surface area contributed by atoms with Crippen LogP contribution in [0.5, 0.6) is 11.5 Å². The minimum Gasteiger partial charge on any atom is -0.457 e. The second-order valence-corrected chi connectivity index (χ2v) is 6.43. The van der Waals surface area contributed by atoms with E-state index in [2.05, 4.69) is 14.4 Å². The number of benzene rings is 2. The zero-order valence-electron chi connectivity index (χ0n) is 14.5. The molecule has 2 rings (SSSR count). The van der Waals surface area contributed by atoms with Crippen LogP contribution in [0.2, 0.25) is 5.02 Å². The van der Waals surface area contributed by atoms with E-state index < -0.39 is 13.2 Å². The van der Waals surface area contributed by atoms with Gasteiger partial charge in [0.1, 0.15) is 17.2 Å². The summed E-state index contributed by atoms with van der Waals surface area (Å²) in [5.41, 5.74) is 0.458. The molecule has 26 heavy (non-hydrogen) atoms. The van der Waals surface area contributed by atoms with Gasteiger partial charge in [-0.1, -0.05) is 11.6 Å². The molecule has 142 valence electrons. The van der Waals surface area contributed by atoms with E-state index in [1.54, 1.807) is 36.4 Å². The fourth-order valence-corrected chi connectivity index (χ4v) is 2.08. The van der Waals surface area contributed by atoms with Crippen molar-refractivity contribution in [1.29, 1.82) is 0 Å². The van der Waals surface area contributed by atoms with Gasteiger partial charge in [0.05, 0.1) is 4.92 Å². The number of nitro groups is 1. The number of hydrogen-bond donors (Lipinski definition) is 1.